The molecule has 1 aliphatic carbocycles. The van der Waals surface area contributed by atoms with Crippen LogP contribution >= 0.6 is 0 Å². The van der Waals surface area contributed by atoms with Crippen LogP contribution < -0.4 is 0 Å². The number of aryl methyl sites for hydroxylation is 1. The summed E-state index contributed by atoms with van der Waals surface area (Å²) in [5.74, 6) is 0.508. The molecule has 3 rings (SSSR count). The molecule has 0 aromatic heterocycles. The average Bonchev–Trinajstić information content (AvgIpc) is 2.91. The van der Waals surface area contributed by atoms with E-state index < -0.39 is 0 Å². The fraction of sp³-hybridized carbons (Fsp3) is 0.562. The van der Waals surface area contributed by atoms with E-state index in [0.717, 1.165) is 38.7 Å². The summed E-state index contributed by atoms with van der Waals surface area (Å²) in [5, 5.41) is 0. The van der Waals surface area contributed by atoms with Gasteiger partial charge in [0.05, 0.1) is 6.10 Å². The SMILES string of the molecule is O=C(CC1CCCO1)C1CCCc2ccccc21. The molecule has 0 N–H and O–H groups in total. The Morgan fingerprint density at radius 1 is 1.22 bits per heavy atom. The summed E-state index contributed by atoms with van der Waals surface area (Å²) in [7, 11) is 0. The fourth-order valence-corrected chi connectivity index (χ4v) is 3.26. The van der Waals surface area contributed by atoms with Gasteiger partial charge >= 0.3 is 0 Å². The number of fused-ring (bicyclic) bond motifs is 1. The molecule has 1 aromatic carbocycles. The van der Waals surface area contributed by atoms with Gasteiger partial charge in [0.2, 0.25) is 0 Å². The number of Topliss-reactive ketones (excluding diaryl/α,β-unsaturated/α-hetero) is 1. The lowest BCUT2D eigenvalue weighted by molar-refractivity contribution is -0.122. The second kappa shape index (κ2) is 5.23. The number of carbonyl (C=O) groups excluding carboxylic acids is 1. The number of carbonyl (C=O) groups is 1. The summed E-state index contributed by atoms with van der Waals surface area (Å²) in [5.41, 5.74) is 2.64. The van der Waals surface area contributed by atoms with Crippen LogP contribution in [0.3, 0.4) is 0 Å². The summed E-state index contributed by atoms with van der Waals surface area (Å²) in [6.07, 6.45) is 6.24. The lowest BCUT2D eigenvalue weighted by Gasteiger charge is -2.25. The Morgan fingerprint density at radius 3 is 2.94 bits per heavy atom. The van der Waals surface area contributed by atoms with Crippen LogP contribution in [0.25, 0.3) is 0 Å². The molecule has 1 saturated heterocycles. The van der Waals surface area contributed by atoms with E-state index in [-0.39, 0.29) is 12.0 Å². The van der Waals surface area contributed by atoms with Crippen molar-refractivity contribution in [2.75, 3.05) is 6.61 Å². The van der Waals surface area contributed by atoms with Crippen molar-refractivity contribution in [1.29, 1.82) is 0 Å². The van der Waals surface area contributed by atoms with E-state index in [1.807, 2.05) is 0 Å². The summed E-state index contributed by atoms with van der Waals surface area (Å²) in [4.78, 5) is 12.4. The van der Waals surface area contributed by atoms with Gasteiger partial charge in [-0.1, -0.05) is 24.3 Å². The zero-order valence-corrected chi connectivity index (χ0v) is 10.7. The molecular weight excluding hydrogens is 224 g/mol. The third-order valence-corrected chi connectivity index (χ3v) is 4.21. The van der Waals surface area contributed by atoms with Gasteiger partial charge in [-0.3, -0.25) is 4.79 Å². The second-order valence-corrected chi connectivity index (χ2v) is 5.45. The van der Waals surface area contributed by atoms with Gasteiger partial charge in [0.1, 0.15) is 5.78 Å². The van der Waals surface area contributed by atoms with Gasteiger partial charge in [0, 0.05) is 18.9 Å². The lowest BCUT2D eigenvalue weighted by atomic mass is 9.79. The Labute approximate surface area is 108 Å². The molecule has 0 bridgehead atoms. The molecule has 2 aliphatic rings. The van der Waals surface area contributed by atoms with Crippen LogP contribution in [0.4, 0.5) is 0 Å². The van der Waals surface area contributed by atoms with Gasteiger partial charge in [-0.2, -0.15) is 0 Å². The van der Waals surface area contributed by atoms with E-state index >= 15 is 0 Å². The van der Waals surface area contributed by atoms with Gasteiger partial charge in [-0.05, 0) is 43.2 Å². The van der Waals surface area contributed by atoms with Crippen molar-refractivity contribution < 1.29 is 9.53 Å². The first-order valence-electron chi connectivity index (χ1n) is 7.07. The number of hydrogen-bond donors (Lipinski definition) is 0. The van der Waals surface area contributed by atoms with Gasteiger partial charge < -0.3 is 4.74 Å². The maximum absolute atomic E-state index is 12.4. The minimum Gasteiger partial charge on any atom is -0.378 e. The summed E-state index contributed by atoms with van der Waals surface area (Å²) < 4.78 is 5.58. The van der Waals surface area contributed by atoms with Crippen LogP contribution in [0, 0.1) is 0 Å². The predicted octanol–water partition coefficient (Wildman–Crippen LogP) is 3.24. The molecule has 96 valence electrons. The molecule has 18 heavy (non-hydrogen) atoms. The minimum absolute atomic E-state index is 0.124. The molecule has 2 unspecified atom stereocenters. The second-order valence-electron chi connectivity index (χ2n) is 5.45. The Hall–Kier alpha value is -1.15. The number of benzene rings is 1. The van der Waals surface area contributed by atoms with Gasteiger partial charge in [0.25, 0.3) is 0 Å². The zero-order chi connectivity index (χ0) is 12.4. The van der Waals surface area contributed by atoms with Crippen LogP contribution in [-0.4, -0.2) is 18.5 Å². The Balaban J connectivity index is 1.74. The maximum Gasteiger partial charge on any atom is 0.142 e. The van der Waals surface area contributed by atoms with E-state index in [1.54, 1.807) is 0 Å². The Bertz CT molecular complexity index is 432. The molecule has 1 aliphatic heterocycles. The van der Waals surface area contributed by atoms with Gasteiger partial charge in [-0.25, -0.2) is 0 Å². The predicted molar refractivity (Wildman–Crippen MR) is 70.7 cm³/mol. The monoisotopic (exact) mass is 244 g/mol. The first-order chi connectivity index (χ1) is 8.84. The van der Waals surface area contributed by atoms with Crippen LogP contribution in [0.2, 0.25) is 0 Å². The third-order valence-electron chi connectivity index (χ3n) is 4.21. The van der Waals surface area contributed by atoms with Crippen molar-refractivity contribution in [2.24, 2.45) is 0 Å². The van der Waals surface area contributed by atoms with E-state index in [9.17, 15) is 4.79 Å². The highest BCUT2D eigenvalue weighted by Gasteiger charge is 2.28. The zero-order valence-electron chi connectivity index (χ0n) is 10.7. The van der Waals surface area contributed by atoms with Crippen LogP contribution in [0.1, 0.15) is 49.1 Å². The number of rotatable bonds is 3. The van der Waals surface area contributed by atoms with Crippen LogP contribution in [0.15, 0.2) is 24.3 Å². The van der Waals surface area contributed by atoms with E-state index in [4.69, 9.17) is 4.74 Å². The standard InChI is InChI=1S/C16H20O2/c17-16(11-13-7-4-10-18-13)15-9-3-6-12-5-1-2-8-14(12)15/h1-2,5,8,13,15H,3-4,6-7,9-11H2. The highest BCUT2D eigenvalue weighted by Crippen LogP contribution is 2.33. The van der Waals surface area contributed by atoms with Crippen molar-refractivity contribution in [1.82, 2.24) is 0 Å². The molecule has 0 spiro atoms. The largest absolute Gasteiger partial charge is 0.378 e. The highest BCUT2D eigenvalue weighted by atomic mass is 16.5. The molecule has 0 radical (unpaired) electrons. The molecule has 1 fully saturated rings. The maximum atomic E-state index is 12.4. The number of ether oxygens (including phenoxy) is 1. The van der Waals surface area contributed by atoms with Crippen LogP contribution in [0.5, 0.6) is 0 Å². The van der Waals surface area contributed by atoms with Crippen molar-refractivity contribution in [3.8, 4) is 0 Å². The molecule has 2 atom stereocenters. The first-order valence-corrected chi connectivity index (χ1v) is 7.07. The average molecular weight is 244 g/mol. The van der Waals surface area contributed by atoms with E-state index in [1.165, 1.54) is 11.1 Å². The van der Waals surface area contributed by atoms with Crippen molar-refractivity contribution in [2.45, 2.75) is 50.5 Å². The topological polar surface area (TPSA) is 26.3 Å². The molecule has 0 amide bonds. The van der Waals surface area contributed by atoms with Crippen molar-refractivity contribution in [3.05, 3.63) is 35.4 Å². The minimum atomic E-state index is 0.124. The van der Waals surface area contributed by atoms with Crippen molar-refractivity contribution in [3.63, 3.8) is 0 Å². The van der Waals surface area contributed by atoms with Gasteiger partial charge in [0.15, 0.2) is 0 Å². The summed E-state index contributed by atoms with van der Waals surface area (Å²) in [6, 6.07) is 8.43. The van der Waals surface area contributed by atoms with E-state index in [2.05, 4.69) is 24.3 Å². The lowest BCUT2D eigenvalue weighted by Crippen LogP contribution is -2.22. The van der Waals surface area contributed by atoms with Crippen molar-refractivity contribution >= 4 is 5.78 Å². The summed E-state index contributed by atoms with van der Waals surface area (Å²) >= 11 is 0. The quantitative estimate of drug-likeness (QED) is 0.816. The molecule has 2 heteroatoms. The molecular formula is C16H20O2. The number of ketones is 1. The molecule has 1 aromatic rings. The Kier molecular flexibility index (Phi) is 3.46. The van der Waals surface area contributed by atoms with Crippen LogP contribution in [-0.2, 0) is 16.0 Å². The molecule has 0 saturated carbocycles. The smallest absolute Gasteiger partial charge is 0.142 e. The molecule has 1 heterocycles. The van der Waals surface area contributed by atoms with Gasteiger partial charge in [-0.15, -0.1) is 0 Å². The number of hydrogen-bond acceptors (Lipinski definition) is 2. The van der Waals surface area contributed by atoms with E-state index in [0.29, 0.717) is 12.2 Å². The molecule has 2 nitrogen and oxygen atoms in total. The fourth-order valence-electron chi connectivity index (χ4n) is 3.26. The first kappa shape index (κ1) is 11.9. The highest BCUT2D eigenvalue weighted by molar-refractivity contribution is 5.86. The third kappa shape index (κ3) is 2.35. The Morgan fingerprint density at radius 2 is 2.11 bits per heavy atom. The normalized spacial score (nSPS) is 26.9. The summed E-state index contributed by atoms with van der Waals surface area (Å²) in [6.45, 7) is 0.833.